The Kier molecular flexibility index (Phi) is 4.67. The molecule has 22 heavy (non-hydrogen) atoms. The first-order chi connectivity index (χ1) is 10.5. The fourth-order valence-corrected chi connectivity index (χ4v) is 1.65. The van der Waals surface area contributed by atoms with Crippen LogP contribution in [0.3, 0.4) is 0 Å². The van der Waals surface area contributed by atoms with Crippen molar-refractivity contribution < 1.29 is 23.1 Å². The van der Waals surface area contributed by atoms with Crippen LogP contribution < -0.4 is 15.4 Å². The molecule has 2 amide bonds. The monoisotopic (exact) mass is 306 g/mol. The van der Waals surface area contributed by atoms with E-state index in [4.69, 9.17) is 4.74 Å². The highest BCUT2D eigenvalue weighted by atomic mass is 19.1. The molecule has 0 aromatic heterocycles. The number of para-hydroxylation sites is 1. The third kappa shape index (κ3) is 3.57. The van der Waals surface area contributed by atoms with E-state index >= 15 is 0 Å². The van der Waals surface area contributed by atoms with Crippen molar-refractivity contribution in [2.45, 2.75) is 0 Å². The van der Waals surface area contributed by atoms with Crippen molar-refractivity contribution in [3.63, 3.8) is 0 Å². The van der Waals surface area contributed by atoms with Crippen LogP contribution in [-0.2, 0) is 9.59 Å². The first kappa shape index (κ1) is 15.4. The van der Waals surface area contributed by atoms with Crippen molar-refractivity contribution in [3.05, 3.63) is 54.1 Å². The average Bonchev–Trinajstić information content (AvgIpc) is 2.51. The largest absolute Gasteiger partial charge is 0.497 e. The van der Waals surface area contributed by atoms with E-state index in [0.717, 1.165) is 18.2 Å². The average molecular weight is 306 g/mol. The summed E-state index contributed by atoms with van der Waals surface area (Å²) in [5.74, 6) is -3.58. The van der Waals surface area contributed by atoms with Gasteiger partial charge in [0, 0.05) is 5.69 Å². The topological polar surface area (TPSA) is 67.4 Å². The Bertz CT molecular complexity index is 682. The molecule has 0 bridgehead atoms. The lowest BCUT2D eigenvalue weighted by Crippen LogP contribution is -2.29. The molecule has 2 aromatic carbocycles. The number of benzene rings is 2. The second-order valence-corrected chi connectivity index (χ2v) is 4.23. The predicted octanol–water partition coefficient (Wildman–Crippen LogP) is 2.55. The number of ether oxygens (including phenoxy) is 1. The Morgan fingerprint density at radius 1 is 0.909 bits per heavy atom. The van der Waals surface area contributed by atoms with Crippen LogP contribution in [0.15, 0.2) is 42.5 Å². The Morgan fingerprint density at radius 2 is 1.45 bits per heavy atom. The van der Waals surface area contributed by atoms with Crippen molar-refractivity contribution in [1.29, 1.82) is 0 Å². The summed E-state index contributed by atoms with van der Waals surface area (Å²) in [5.41, 5.74) is -0.327. The zero-order valence-corrected chi connectivity index (χ0v) is 11.5. The summed E-state index contributed by atoms with van der Waals surface area (Å²) in [4.78, 5) is 23.4. The number of methoxy groups -OCH3 is 1. The van der Waals surface area contributed by atoms with Crippen LogP contribution in [0.4, 0.5) is 20.2 Å². The van der Waals surface area contributed by atoms with Gasteiger partial charge in [-0.25, -0.2) is 8.78 Å². The number of amides is 2. The van der Waals surface area contributed by atoms with E-state index in [0.29, 0.717) is 11.4 Å². The van der Waals surface area contributed by atoms with E-state index in [1.54, 1.807) is 12.1 Å². The molecule has 0 saturated carbocycles. The van der Waals surface area contributed by atoms with Gasteiger partial charge in [0.15, 0.2) is 0 Å². The van der Waals surface area contributed by atoms with E-state index in [-0.39, 0.29) is 0 Å². The molecule has 0 fully saturated rings. The molecule has 0 unspecified atom stereocenters. The van der Waals surface area contributed by atoms with Gasteiger partial charge in [-0.05, 0) is 36.4 Å². The number of hydrogen-bond acceptors (Lipinski definition) is 3. The second kappa shape index (κ2) is 6.66. The lowest BCUT2D eigenvalue weighted by molar-refractivity contribution is -0.133. The number of rotatable bonds is 3. The van der Waals surface area contributed by atoms with Crippen molar-refractivity contribution >= 4 is 23.2 Å². The van der Waals surface area contributed by atoms with Crippen molar-refractivity contribution in [2.24, 2.45) is 0 Å². The van der Waals surface area contributed by atoms with E-state index in [1.165, 1.54) is 19.2 Å². The number of hydrogen-bond donors (Lipinski definition) is 2. The molecule has 0 saturated heterocycles. The number of carbonyl (C=O) groups excluding carboxylic acids is 2. The molecule has 0 radical (unpaired) electrons. The molecular weight excluding hydrogens is 294 g/mol. The standard InChI is InChI=1S/C15H12F2N2O3/c1-22-10-7-5-9(6-8-10)18-14(20)15(21)19-13-11(16)3-2-4-12(13)17/h2-8H,1H3,(H,18,20)(H,19,21). The lowest BCUT2D eigenvalue weighted by Gasteiger charge is -2.08. The molecule has 2 rings (SSSR count). The summed E-state index contributed by atoms with van der Waals surface area (Å²) in [6.45, 7) is 0. The highest BCUT2D eigenvalue weighted by Gasteiger charge is 2.18. The van der Waals surface area contributed by atoms with E-state index in [1.807, 2.05) is 5.32 Å². The number of nitrogens with one attached hydrogen (secondary N) is 2. The zero-order valence-electron chi connectivity index (χ0n) is 11.5. The quantitative estimate of drug-likeness (QED) is 0.856. The fraction of sp³-hybridized carbons (Fsp3) is 0.0667. The first-order valence-corrected chi connectivity index (χ1v) is 6.21. The van der Waals surface area contributed by atoms with Crippen molar-refractivity contribution in [2.75, 3.05) is 17.7 Å². The molecule has 5 nitrogen and oxygen atoms in total. The molecule has 2 aromatic rings. The minimum Gasteiger partial charge on any atom is -0.497 e. The smallest absolute Gasteiger partial charge is 0.314 e. The maximum absolute atomic E-state index is 13.4. The van der Waals surface area contributed by atoms with Crippen LogP contribution in [0.1, 0.15) is 0 Å². The Morgan fingerprint density at radius 3 is 2.00 bits per heavy atom. The third-order valence-electron chi connectivity index (χ3n) is 2.76. The number of anilines is 2. The Balaban J connectivity index is 2.04. The summed E-state index contributed by atoms with van der Waals surface area (Å²) in [6.07, 6.45) is 0. The van der Waals surface area contributed by atoms with Gasteiger partial charge in [0.25, 0.3) is 0 Å². The Hall–Kier alpha value is -2.96. The minimum atomic E-state index is -1.18. The number of carbonyl (C=O) groups is 2. The summed E-state index contributed by atoms with van der Waals surface area (Å²) in [6, 6.07) is 9.31. The second-order valence-electron chi connectivity index (χ2n) is 4.23. The van der Waals surface area contributed by atoms with Gasteiger partial charge in [-0.2, -0.15) is 0 Å². The molecule has 0 atom stereocenters. The van der Waals surface area contributed by atoms with Gasteiger partial charge in [0.1, 0.15) is 23.1 Å². The molecule has 0 aliphatic rings. The molecule has 0 aliphatic heterocycles. The third-order valence-corrected chi connectivity index (χ3v) is 2.76. The molecule has 0 aliphatic carbocycles. The fourth-order valence-electron chi connectivity index (χ4n) is 1.65. The van der Waals surface area contributed by atoms with Gasteiger partial charge >= 0.3 is 11.8 Å². The van der Waals surface area contributed by atoms with Gasteiger partial charge in [0.2, 0.25) is 0 Å². The first-order valence-electron chi connectivity index (χ1n) is 6.21. The normalized spacial score (nSPS) is 9.95. The zero-order chi connectivity index (χ0) is 16.1. The summed E-state index contributed by atoms with van der Waals surface area (Å²) in [7, 11) is 1.49. The molecule has 7 heteroatoms. The summed E-state index contributed by atoms with van der Waals surface area (Å²) >= 11 is 0. The van der Waals surface area contributed by atoms with Crippen LogP contribution in [0, 0.1) is 11.6 Å². The maximum atomic E-state index is 13.4. The SMILES string of the molecule is COc1ccc(NC(=O)C(=O)Nc2c(F)cccc2F)cc1. The molecule has 0 spiro atoms. The van der Waals surface area contributed by atoms with Gasteiger partial charge in [-0.1, -0.05) is 6.07 Å². The van der Waals surface area contributed by atoms with E-state index < -0.39 is 29.1 Å². The van der Waals surface area contributed by atoms with Gasteiger partial charge < -0.3 is 15.4 Å². The maximum Gasteiger partial charge on any atom is 0.314 e. The summed E-state index contributed by atoms with van der Waals surface area (Å²) in [5, 5.41) is 4.20. The number of halogens is 2. The predicted molar refractivity (Wildman–Crippen MR) is 76.6 cm³/mol. The molecule has 2 N–H and O–H groups in total. The lowest BCUT2D eigenvalue weighted by atomic mass is 10.2. The van der Waals surface area contributed by atoms with Crippen LogP contribution in [0.2, 0.25) is 0 Å². The Labute approximate surface area is 124 Å². The van der Waals surface area contributed by atoms with Crippen LogP contribution in [0.5, 0.6) is 5.75 Å². The van der Waals surface area contributed by atoms with Crippen LogP contribution in [0.25, 0.3) is 0 Å². The van der Waals surface area contributed by atoms with Crippen LogP contribution in [-0.4, -0.2) is 18.9 Å². The highest BCUT2D eigenvalue weighted by molar-refractivity contribution is 6.43. The van der Waals surface area contributed by atoms with Gasteiger partial charge in [0.05, 0.1) is 7.11 Å². The van der Waals surface area contributed by atoms with Crippen molar-refractivity contribution in [3.8, 4) is 5.75 Å². The van der Waals surface area contributed by atoms with E-state index in [9.17, 15) is 18.4 Å². The molecular formula is C15H12F2N2O3. The minimum absolute atomic E-state index is 0.343. The highest BCUT2D eigenvalue weighted by Crippen LogP contribution is 2.18. The van der Waals surface area contributed by atoms with E-state index in [2.05, 4.69) is 5.32 Å². The van der Waals surface area contributed by atoms with Crippen molar-refractivity contribution in [1.82, 2.24) is 0 Å². The van der Waals surface area contributed by atoms with Gasteiger partial charge in [-0.3, -0.25) is 9.59 Å². The molecule has 114 valence electrons. The van der Waals surface area contributed by atoms with Gasteiger partial charge in [-0.15, -0.1) is 0 Å². The summed E-state index contributed by atoms with van der Waals surface area (Å²) < 4.78 is 31.7. The molecule has 0 heterocycles. The van der Waals surface area contributed by atoms with Crippen LogP contribution >= 0.6 is 0 Å².